The van der Waals surface area contributed by atoms with Crippen molar-refractivity contribution in [2.45, 2.75) is 32.7 Å². The van der Waals surface area contributed by atoms with Gasteiger partial charge < -0.3 is 16.0 Å². The van der Waals surface area contributed by atoms with Crippen LogP contribution in [0.15, 0.2) is 36.3 Å². The van der Waals surface area contributed by atoms with Crippen LogP contribution in [0.1, 0.15) is 31.0 Å². The molecule has 9 heteroatoms. The minimum Gasteiger partial charge on any atom is -0.368 e. The number of aryl methyl sites for hydroxylation is 1. The second kappa shape index (κ2) is 7.48. The highest BCUT2D eigenvalue weighted by Gasteiger charge is 2.38. The van der Waals surface area contributed by atoms with E-state index in [1.165, 1.54) is 4.90 Å². The van der Waals surface area contributed by atoms with E-state index in [-0.39, 0.29) is 18.3 Å². The zero-order valence-electron chi connectivity index (χ0n) is 16.7. The average Bonchev–Trinajstić information content (AvgIpc) is 3.30. The van der Waals surface area contributed by atoms with Crippen LogP contribution in [0.4, 0.5) is 17.3 Å². The number of anilines is 3. The predicted octanol–water partition coefficient (Wildman–Crippen LogP) is 1.91. The van der Waals surface area contributed by atoms with Gasteiger partial charge in [0.2, 0.25) is 17.8 Å². The number of primary amides is 1. The fourth-order valence-corrected chi connectivity index (χ4v) is 3.88. The fourth-order valence-electron chi connectivity index (χ4n) is 3.88. The molecule has 2 aromatic rings. The minimum atomic E-state index is -0.785. The Morgan fingerprint density at radius 3 is 2.87 bits per heavy atom. The molecule has 1 aromatic heterocycles. The Morgan fingerprint density at radius 1 is 1.40 bits per heavy atom. The summed E-state index contributed by atoms with van der Waals surface area (Å²) in [5, 5.41) is 13.3. The topological polar surface area (TPSA) is 128 Å². The lowest BCUT2D eigenvalue weighted by atomic mass is 10.1. The van der Waals surface area contributed by atoms with Crippen LogP contribution in [0.2, 0.25) is 0 Å². The number of para-hydroxylation sites is 2. The maximum Gasteiger partial charge on any atom is 0.240 e. The Morgan fingerprint density at radius 2 is 2.17 bits per heavy atom. The molecule has 0 spiro atoms. The largest absolute Gasteiger partial charge is 0.368 e. The SMILES string of the molecule is CCN1/C(=C(\C#N)c2nc(N3C(=O)CC[C@H]3C(N)=O)ncc2C)Nc2ccccc21. The summed E-state index contributed by atoms with van der Waals surface area (Å²) in [7, 11) is 0. The van der Waals surface area contributed by atoms with Gasteiger partial charge in [-0.2, -0.15) is 5.26 Å². The van der Waals surface area contributed by atoms with Crippen LogP contribution in [-0.4, -0.2) is 34.4 Å². The molecule has 1 fully saturated rings. The summed E-state index contributed by atoms with van der Waals surface area (Å²) in [5.41, 5.74) is 8.74. The van der Waals surface area contributed by atoms with Gasteiger partial charge in [-0.1, -0.05) is 12.1 Å². The second-order valence-corrected chi connectivity index (χ2v) is 7.14. The molecule has 1 atom stereocenters. The van der Waals surface area contributed by atoms with Gasteiger partial charge in [-0.05, 0) is 38.0 Å². The van der Waals surface area contributed by atoms with E-state index >= 15 is 0 Å². The Bertz CT molecular complexity index is 1120. The normalized spacial score (nSPS) is 19.4. The zero-order chi connectivity index (χ0) is 21.4. The van der Waals surface area contributed by atoms with E-state index < -0.39 is 11.9 Å². The number of nitrogens with zero attached hydrogens (tertiary/aromatic N) is 5. The molecule has 152 valence electrons. The zero-order valence-corrected chi connectivity index (χ0v) is 16.7. The number of allylic oxidation sites excluding steroid dienone is 1. The third kappa shape index (κ3) is 3.03. The van der Waals surface area contributed by atoms with Gasteiger partial charge in [0.15, 0.2) is 0 Å². The maximum absolute atomic E-state index is 12.4. The molecule has 2 aliphatic rings. The van der Waals surface area contributed by atoms with Crippen LogP contribution in [0.3, 0.4) is 0 Å². The number of nitriles is 1. The number of hydrogen-bond acceptors (Lipinski definition) is 7. The number of amides is 2. The van der Waals surface area contributed by atoms with E-state index in [1.54, 1.807) is 13.1 Å². The highest BCUT2D eigenvalue weighted by Crippen LogP contribution is 2.39. The average molecular weight is 403 g/mol. The van der Waals surface area contributed by atoms with Gasteiger partial charge in [0.25, 0.3) is 0 Å². The van der Waals surface area contributed by atoms with Gasteiger partial charge in [-0.15, -0.1) is 0 Å². The van der Waals surface area contributed by atoms with Crippen molar-refractivity contribution < 1.29 is 9.59 Å². The first kappa shape index (κ1) is 19.4. The summed E-state index contributed by atoms with van der Waals surface area (Å²) in [5.74, 6) is -0.168. The molecule has 0 aliphatic carbocycles. The number of carbonyl (C=O) groups excluding carboxylic acids is 2. The van der Waals surface area contributed by atoms with E-state index in [0.717, 1.165) is 11.4 Å². The highest BCUT2D eigenvalue weighted by atomic mass is 16.2. The summed E-state index contributed by atoms with van der Waals surface area (Å²) in [6.07, 6.45) is 2.08. The third-order valence-corrected chi connectivity index (χ3v) is 5.33. The molecule has 3 heterocycles. The summed E-state index contributed by atoms with van der Waals surface area (Å²) < 4.78 is 0. The first-order valence-electron chi connectivity index (χ1n) is 9.69. The van der Waals surface area contributed by atoms with Gasteiger partial charge in [0, 0.05) is 19.2 Å². The molecule has 1 aromatic carbocycles. The summed E-state index contributed by atoms with van der Waals surface area (Å²) in [6, 6.07) is 9.25. The van der Waals surface area contributed by atoms with Gasteiger partial charge in [0.05, 0.1) is 17.1 Å². The molecule has 0 saturated carbocycles. The van der Waals surface area contributed by atoms with Crippen molar-refractivity contribution in [2.75, 3.05) is 21.7 Å². The highest BCUT2D eigenvalue weighted by molar-refractivity contribution is 6.02. The number of rotatable bonds is 4. The lowest BCUT2D eigenvalue weighted by Gasteiger charge is -2.22. The monoisotopic (exact) mass is 403 g/mol. The first-order chi connectivity index (χ1) is 14.5. The van der Waals surface area contributed by atoms with Crippen molar-refractivity contribution in [3.63, 3.8) is 0 Å². The quantitative estimate of drug-likeness (QED) is 0.746. The molecule has 3 N–H and O–H groups in total. The van der Waals surface area contributed by atoms with Crippen LogP contribution in [0, 0.1) is 18.3 Å². The molecule has 2 amide bonds. The molecular formula is C21H21N7O2. The first-order valence-corrected chi connectivity index (χ1v) is 9.69. The van der Waals surface area contributed by atoms with Gasteiger partial charge >= 0.3 is 0 Å². The van der Waals surface area contributed by atoms with Crippen molar-refractivity contribution >= 4 is 34.7 Å². The van der Waals surface area contributed by atoms with E-state index in [2.05, 4.69) is 21.4 Å². The minimum absolute atomic E-state index is 0.0776. The van der Waals surface area contributed by atoms with Crippen molar-refractivity contribution in [2.24, 2.45) is 5.73 Å². The number of hydrogen-bond donors (Lipinski definition) is 2. The van der Waals surface area contributed by atoms with Crippen LogP contribution in [0.5, 0.6) is 0 Å². The molecule has 9 nitrogen and oxygen atoms in total. The van der Waals surface area contributed by atoms with Crippen molar-refractivity contribution in [1.29, 1.82) is 5.26 Å². The van der Waals surface area contributed by atoms with Crippen molar-refractivity contribution in [3.8, 4) is 6.07 Å². The molecule has 0 radical (unpaired) electrons. The predicted molar refractivity (Wildman–Crippen MR) is 112 cm³/mol. The Labute approximate surface area is 173 Å². The maximum atomic E-state index is 12.4. The Hall–Kier alpha value is -3.93. The van der Waals surface area contributed by atoms with Gasteiger partial charge in [-0.25, -0.2) is 9.97 Å². The van der Waals surface area contributed by atoms with Crippen LogP contribution < -0.4 is 20.9 Å². The Balaban J connectivity index is 1.83. The summed E-state index contributed by atoms with van der Waals surface area (Å²) in [6.45, 7) is 4.44. The number of fused-ring (bicyclic) bond motifs is 1. The summed E-state index contributed by atoms with van der Waals surface area (Å²) >= 11 is 0. The number of aromatic nitrogens is 2. The third-order valence-electron chi connectivity index (χ3n) is 5.33. The van der Waals surface area contributed by atoms with Gasteiger partial charge in [-0.3, -0.25) is 14.5 Å². The van der Waals surface area contributed by atoms with Crippen LogP contribution >= 0.6 is 0 Å². The molecule has 1 saturated heterocycles. The number of carbonyl (C=O) groups is 2. The fraction of sp³-hybridized carbons (Fsp3) is 0.286. The molecule has 2 aliphatic heterocycles. The smallest absolute Gasteiger partial charge is 0.240 e. The van der Waals surface area contributed by atoms with E-state index in [1.807, 2.05) is 36.1 Å². The number of nitrogens with two attached hydrogens (primary N) is 1. The number of benzene rings is 1. The Kier molecular flexibility index (Phi) is 4.83. The van der Waals surface area contributed by atoms with E-state index in [9.17, 15) is 14.9 Å². The van der Waals surface area contributed by atoms with Crippen LogP contribution in [-0.2, 0) is 9.59 Å². The van der Waals surface area contributed by atoms with E-state index in [4.69, 9.17) is 5.73 Å². The van der Waals surface area contributed by atoms with E-state index in [0.29, 0.717) is 35.6 Å². The standard InChI is InChI=1S/C21H21N7O2/c1-3-27-15-7-5-4-6-14(15)25-20(27)13(10-22)18-12(2)11-24-21(26-18)28-16(19(23)30)8-9-17(28)29/h4-7,11,16,25H,3,8-9H2,1-2H3,(H2,23,30)/b20-13+/t16-/m0/s1. The lowest BCUT2D eigenvalue weighted by molar-refractivity contribution is -0.121. The molecule has 4 rings (SSSR count). The van der Waals surface area contributed by atoms with Crippen molar-refractivity contribution in [1.82, 2.24) is 9.97 Å². The molecule has 30 heavy (non-hydrogen) atoms. The van der Waals surface area contributed by atoms with Crippen LogP contribution in [0.25, 0.3) is 5.57 Å². The van der Waals surface area contributed by atoms with Crippen molar-refractivity contribution in [3.05, 3.63) is 47.5 Å². The molecule has 0 unspecified atom stereocenters. The summed E-state index contributed by atoms with van der Waals surface area (Å²) in [4.78, 5) is 36.2. The number of nitrogens with one attached hydrogen (secondary N) is 1. The lowest BCUT2D eigenvalue weighted by Crippen LogP contribution is -2.43. The molecule has 0 bridgehead atoms. The van der Waals surface area contributed by atoms with Gasteiger partial charge in [0.1, 0.15) is 23.5 Å². The molecular weight excluding hydrogens is 382 g/mol. The second-order valence-electron chi connectivity index (χ2n) is 7.14.